The molecule has 2 heterocycles. The molecule has 1 N–H and O–H groups in total. The van der Waals surface area contributed by atoms with Crippen molar-refractivity contribution in [3.8, 4) is 17.1 Å². The van der Waals surface area contributed by atoms with Crippen molar-refractivity contribution < 1.29 is 13.9 Å². The van der Waals surface area contributed by atoms with Gasteiger partial charge in [-0.1, -0.05) is 12.1 Å². The molecule has 0 radical (unpaired) electrons. The Kier molecular flexibility index (Phi) is 5.33. The highest BCUT2D eigenvalue weighted by Crippen LogP contribution is 2.24. The SMILES string of the molecule is COc1ccc(CCC(=O)NCc2ccc(-c3ccsc3)o2)cc1. The highest BCUT2D eigenvalue weighted by molar-refractivity contribution is 7.08. The van der Waals surface area contributed by atoms with Crippen molar-refractivity contribution in [1.29, 1.82) is 0 Å². The molecule has 0 fully saturated rings. The first-order valence-electron chi connectivity index (χ1n) is 7.75. The summed E-state index contributed by atoms with van der Waals surface area (Å²) in [7, 11) is 1.64. The molecule has 0 aliphatic carbocycles. The maximum absolute atomic E-state index is 12.0. The van der Waals surface area contributed by atoms with Gasteiger partial charge in [0.15, 0.2) is 0 Å². The molecule has 0 unspecified atom stereocenters. The first kappa shape index (κ1) is 16.3. The van der Waals surface area contributed by atoms with Gasteiger partial charge in [-0.2, -0.15) is 11.3 Å². The van der Waals surface area contributed by atoms with E-state index < -0.39 is 0 Å². The van der Waals surface area contributed by atoms with Gasteiger partial charge in [-0.25, -0.2) is 0 Å². The van der Waals surface area contributed by atoms with Crippen molar-refractivity contribution in [3.63, 3.8) is 0 Å². The topological polar surface area (TPSA) is 51.5 Å². The number of nitrogens with one attached hydrogen (secondary N) is 1. The van der Waals surface area contributed by atoms with Crippen molar-refractivity contribution >= 4 is 17.2 Å². The van der Waals surface area contributed by atoms with Crippen LogP contribution in [0.3, 0.4) is 0 Å². The lowest BCUT2D eigenvalue weighted by Crippen LogP contribution is -2.22. The number of furan rings is 1. The van der Waals surface area contributed by atoms with Gasteiger partial charge in [0.25, 0.3) is 0 Å². The normalized spacial score (nSPS) is 10.5. The van der Waals surface area contributed by atoms with Crippen molar-refractivity contribution in [2.45, 2.75) is 19.4 Å². The molecule has 0 saturated heterocycles. The molecule has 3 aromatic rings. The van der Waals surface area contributed by atoms with Crippen LogP contribution >= 0.6 is 11.3 Å². The van der Waals surface area contributed by atoms with E-state index in [2.05, 4.69) is 5.32 Å². The largest absolute Gasteiger partial charge is 0.497 e. The third-order valence-corrected chi connectivity index (χ3v) is 4.41. The van der Waals surface area contributed by atoms with Gasteiger partial charge in [-0.05, 0) is 47.7 Å². The molecule has 1 amide bonds. The minimum absolute atomic E-state index is 0.0132. The van der Waals surface area contributed by atoms with Crippen LogP contribution in [-0.2, 0) is 17.8 Å². The average molecular weight is 341 g/mol. The van der Waals surface area contributed by atoms with Crippen LogP contribution in [0.2, 0.25) is 0 Å². The number of benzene rings is 1. The lowest BCUT2D eigenvalue weighted by molar-refractivity contribution is -0.121. The third-order valence-electron chi connectivity index (χ3n) is 3.73. The molecular formula is C19H19NO3S. The number of amides is 1. The van der Waals surface area contributed by atoms with E-state index in [1.807, 2.05) is 53.2 Å². The number of thiophene rings is 1. The summed E-state index contributed by atoms with van der Waals surface area (Å²) in [4.78, 5) is 12.0. The van der Waals surface area contributed by atoms with Crippen LogP contribution in [0.1, 0.15) is 17.7 Å². The van der Waals surface area contributed by atoms with Gasteiger partial charge in [-0.3, -0.25) is 4.79 Å². The fourth-order valence-corrected chi connectivity index (χ4v) is 3.00. The van der Waals surface area contributed by atoms with Gasteiger partial charge in [0.2, 0.25) is 5.91 Å². The zero-order valence-electron chi connectivity index (χ0n) is 13.5. The molecule has 4 nitrogen and oxygen atoms in total. The molecule has 3 rings (SSSR count). The standard InChI is InChI=1S/C19H19NO3S/c1-22-16-5-2-14(3-6-16)4-9-19(21)20-12-17-7-8-18(23-17)15-10-11-24-13-15/h2-3,5-8,10-11,13H,4,9,12H2,1H3,(H,20,21). The summed E-state index contributed by atoms with van der Waals surface area (Å²) in [6, 6.07) is 13.6. The Hall–Kier alpha value is -2.53. The number of carbonyl (C=O) groups excluding carboxylic acids is 1. The van der Waals surface area contributed by atoms with E-state index in [4.69, 9.17) is 9.15 Å². The summed E-state index contributed by atoms with van der Waals surface area (Å²) in [5.74, 6) is 2.43. The fraction of sp³-hybridized carbons (Fsp3) is 0.211. The van der Waals surface area contributed by atoms with E-state index in [9.17, 15) is 4.79 Å². The second-order valence-corrected chi connectivity index (χ2v) is 6.18. The average Bonchev–Trinajstić information content (AvgIpc) is 3.29. The highest BCUT2D eigenvalue weighted by atomic mass is 32.1. The Balaban J connectivity index is 1.45. The fourth-order valence-electron chi connectivity index (χ4n) is 2.36. The van der Waals surface area contributed by atoms with Crippen LogP contribution in [-0.4, -0.2) is 13.0 Å². The first-order chi connectivity index (χ1) is 11.7. The number of ether oxygens (including phenoxy) is 1. The number of carbonyl (C=O) groups is 1. The molecule has 124 valence electrons. The zero-order valence-corrected chi connectivity index (χ0v) is 14.3. The number of rotatable bonds is 7. The summed E-state index contributed by atoms with van der Waals surface area (Å²) >= 11 is 1.63. The number of aryl methyl sites for hydroxylation is 1. The molecule has 2 aromatic heterocycles. The van der Waals surface area contributed by atoms with Crippen LogP contribution in [0.5, 0.6) is 5.75 Å². The van der Waals surface area contributed by atoms with Gasteiger partial charge < -0.3 is 14.5 Å². The Morgan fingerprint density at radius 2 is 2.00 bits per heavy atom. The van der Waals surface area contributed by atoms with Crippen LogP contribution in [0.15, 0.2) is 57.6 Å². The van der Waals surface area contributed by atoms with Gasteiger partial charge in [0.05, 0.1) is 13.7 Å². The van der Waals surface area contributed by atoms with Crippen molar-refractivity contribution in [2.75, 3.05) is 7.11 Å². The summed E-state index contributed by atoms with van der Waals surface area (Å²) in [5.41, 5.74) is 2.18. The van der Waals surface area contributed by atoms with E-state index >= 15 is 0 Å². The second kappa shape index (κ2) is 7.84. The molecule has 5 heteroatoms. The van der Waals surface area contributed by atoms with Gasteiger partial charge in [0, 0.05) is 17.4 Å². The third kappa shape index (κ3) is 4.26. The molecule has 0 spiro atoms. The maximum Gasteiger partial charge on any atom is 0.220 e. The van der Waals surface area contributed by atoms with Crippen molar-refractivity contribution in [3.05, 3.63) is 64.5 Å². The smallest absolute Gasteiger partial charge is 0.220 e. The van der Waals surface area contributed by atoms with Crippen LogP contribution in [0, 0.1) is 0 Å². The minimum Gasteiger partial charge on any atom is -0.497 e. The number of hydrogen-bond donors (Lipinski definition) is 1. The molecule has 0 saturated carbocycles. The summed E-state index contributed by atoms with van der Waals surface area (Å²) < 4.78 is 10.9. The highest BCUT2D eigenvalue weighted by Gasteiger charge is 2.07. The molecular weight excluding hydrogens is 322 g/mol. The van der Waals surface area contributed by atoms with E-state index in [0.29, 0.717) is 19.4 Å². The first-order valence-corrected chi connectivity index (χ1v) is 8.70. The second-order valence-electron chi connectivity index (χ2n) is 5.40. The Morgan fingerprint density at radius 3 is 2.71 bits per heavy atom. The molecule has 24 heavy (non-hydrogen) atoms. The number of methoxy groups -OCH3 is 1. The van der Waals surface area contributed by atoms with E-state index in [0.717, 1.165) is 28.4 Å². The summed E-state index contributed by atoms with van der Waals surface area (Å²) in [5, 5.41) is 6.95. The van der Waals surface area contributed by atoms with Crippen LogP contribution in [0.25, 0.3) is 11.3 Å². The predicted octanol–water partition coefficient (Wildman–Crippen LogP) is 4.27. The Morgan fingerprint density at radius 1 is 1.17 bits per heavy atom. The van der Waals surface area contributed by atoms with Gasteiger partial charge in [0.1, 0.15) is 17.3 Å². The predicted molar refractivity (Wildman–Crippen MR) is 95.2 cm³/mol. The monoisotopic (exact) mass is 341 g/mol. The Bertz CT molecular complexity index is 775. The van der Waals surface area contributed by atoms with Crippen LogP contribution in [0.4, 0.5) is 0 Å². The van der Waals surface area contributed by atoms with Gasteiger partial charge in [-0.15, -0.1) is 0 Å². The van der Waals surface area contributed by atoms with Crippen molar-refractivity contribution in [2.24, 2.45) is 0 Å². The molecule has 0 bridgehead atoms. The lowest BCUT2D eigenvalue weighted by atomic mass is 10.1. The molecule has 1 aromatic carbocycles. The zero-order chi connectivity index (χ0) is 16.8. The van der Waals surface area contributed by atoms with E-state index in [1.54, 1.807) is 18.4 Å². The molecule has 0 aliphatic rings. The quantitative estimate of drug-likeness (QED) is 0.698. The minimum atomic E-state index is 0.0132. The summed E-state index contributed by atoms with van der Waals surface area (Å²) in [6.07, 6.45) is 1.15. The Labute approximate surface area is 145 Å². The molecule has 0 atom stereocenters. The number of hydrogen-bond acceptors (Lipinski definition) is 4. The molecule has 0 aliphatic heterocycles. The van der Waals surface area contributed by atoms with Crippen LogP contribution < -0.4 is 10.1 Å². The maximum atomic E-state index is 12.0. The van der Waals surface area contributed by atoms with E-state index in [1.165, 1.54) is 0 Å². The van der Waals surface area contributed by atoms with E-state index in [-0.39, 0.29) is 5.91 Å². The van der Waals surface area contributed by atoms with Gasteiger partial charge >= 0.3 is 0 Å². The van der Waals surface area contributed by atoms with Crippen molar-refractivity contribution in [1.82, 2.24) is 5.32 Å². The summed E-state index contributed by atoms with van der Waals surface area (Å²) in [6.45, 7) is 0.408. The lowest BCUT2D eigenvalue weighted by Gasteiger charge is -2.05.